The SMILES string of the molecule is C=C(C)OC(=O)N[C@@H]1C[C@H](C)N(C(C)=O)c2ccc(-c3cn(CCO)nn3)cc21. The Kier molecular flexibility index (Phi) is 5.97. The smallest absolute Gasteiger partial charge is 0.412 e. The lowest BCUT2D eigenvalue weighted by Crippen LogP contribution is -2.45. The number of carbonyl (C=O) groups is 2. The molecule has 2 N–H and O–H groups in total. The van der Waals surface area contributed by atoms with E-state index in [0.717, 1.165) is 16.8 Å². The number of fused-ring (bicyclic) bond motifs is 1. The molecule has 1 aromatic carbocycles. The summed E-state index contributed by atoms with van der Waals surface area (Å²) >= 11 is 0. The number of aromatic nitrogens is 3. The van der Waals surface area contributed by atoms with Crippen LogP contribution in [0.2, 0.25) is 0 Å². The van der Waals surface area contributed by atoms with Crippen LogP contribution >= 0.6 is 0 Å². The van der Waals surface area contributed by atoms with E-state index in [2.05, 4.69) is 22.2 Å². The van der Waals surface area contributed by atoms with E-state index in [1.54, 1.807) is 22.7 Å². The lowest BCUT2D eigenvalue weighted by molar-refractivity contribution is -0.117. The molecule has 2 atom stereocenters. The topological polar surface area (TPSA) is 110 Å². The predicted molar refractivity (Wildman–Crippen MR) is 107 cm³/mol. The van der Waals surface area contributed by atoms with Crippen LogP contribution in [0.25, 0.3) is 11.3 Å². The van der Waals surface area contributed by atoms with Crippen LogP contribution in [0.4, 0.5) is 10.5 Å². The number of hydrogen-bond donors (Lipinski definition) is 2. The number of benzene rings is 1. The van der Waals surface area contributed by atoms with E-state index < -0.39 is 6.09 Å². The molecule has 3 rings (SSSR count). The first-order valence-electron chi connectivity index (χ1n) is 9.39. The number of hydrogen-bond acceptors (Lipinski definition) is 6. The van der Waals surface area contributed by atoms with Gasteiger partial charge in [0, 0.05) is 24.2 Å². The van der Waals surface area contributed by atoms with Gasteiger partial charge in [-0.15, -0.1) is 5.10 Å². The standard InChI is InChI=1S/C20H25N5O4/c1-12(2)29-20(28)21-17-9-13(3)25(14(4)27)19-6-5-15(10-16(17)19)18-11-24(7-8-26)23-22-18/h5-6,10-11,13,17,26H,1,7-9H2,2-4H3,(H,21,28)/t13-,17+/m0/s1. The molecule has 0 radical (unpaired) electrons. The highest BCUT2D eigenvalue weighted by atomic mass is 16.6. The Morgan fingerprint density at radius 1 is 1.38 bits per heavy atom. The van der Waals surface area contributed by atoms with Crippen LogP contribution in [0.1, 0.15) is 38.8 Å². The summed E-state index contributed by atoms with van der Waals surface area (Å²) in [5, 5.41) is 20.1. The molecule has 2 aromatic rings. The molecule has 154 valence electrons. The highest BCUT2D eigenvalue weighted by Gasteiger charge is 2.33. The maximum absolute atomic E-state index is 12.2. The lowest BCUT2D eigenvalue weighted by Gasteiger charge is -2.39. The molecule has 2 amide bonds. The van der Waals surface area contributed by atoms with Crippen molar-refractivity contribution in [3.63, 3.8) is 0 Å². The number of anilines is 1. The third kappa shape index (κ3) is 4.45. The number of rotatable bonds is 5. The number of allylic oxidation sites excluding steroid dienone is 1. The van der Waals surface area contributed by atoms with Gasteiger partial charge in [0.25, 0.3) is 0 Å². The third-order valence-corrected chi connectivity index (χ3v) is 4.74. The zero-order valence-electron chi connectivity index (χ0n) is 16.8. The van der Waals surface area contributed by atoms with E-state index in [-0.39, 0.29) is 24.6 Å². The number of ether oxygens (including phenoxy) is 1. The van der Waals surface area contributed by atoms with Gasteiger partial charge in [-0.2, -0.15) is 0 Å². The molecule has 0 bridgehead atoms. The van der Waals surface area contributed by atoms with Crippen molar-refractivity contribution in [1.29, 1.82) is 0 Å². The average Bonchev–Trinajstić information content (AvgIpc) is 3.09. The monoisotopic (exact) mass is 399 g/mol. The maximum atomic E-state index is 12.2. The van der Waals surface area contributed by atoms with Crippen molar-refractivity contribution in [2.24, 2.45) is 0 Å². The Morgan fingerprint density at radius 2 is 2.14 bits per heavy atom. The fraction of sp³-hybridized carbons (Fsp3) is 0.400. The van der Waals surface area contributed by atoms with Crippen LogP contribution in [-0.4, -0.2) is 44.7 Å². The number of alkyl carbamates (subject to hydrolysis) is 1. The molecule has 0 unspecified atom stereocenters. The summed E-state index contributed by atoms with van der Waals surface area (Å²) in [4.78, 5) is 26.1. The quantitative estimate of drug-likeness (QED) is 0.747. The van der Waals surface area contributed by atoms with Crippen LogP contribution in [0.15, 0.2) is 36.7 Å². The number of nitrogens with one attached hydrogen (secondary N) is 1. The predicted octanol–water partition coefficient (Wildman–Crippen LogP) is 2.38. The van der Waals surface area contributed by atoms with Gasteiger partial charge in [-0.3, -0.25) is 4.79 Å². The molecule has 29 heavy (non-hydrogen) atoms. The van der Waals surface area contributed by atoms with Crippen molar-refractivity contribution in [3.8, 4) is 11.3 Å². The molecular weight excluding hydrogens is 374 g/mol. The maximum Gasteiger partial charge on any atom is 0.412 e. The van der Waals surface area contributed by atoms with Gasteiger partial charge in [-0.05, 0) is 38.0 Å². The summed E-state index contributed by atoms with van der Waals surface area (Å²) in [7, 11) is 0. The lowest BCUT2D eigenvalue weighted by atomic mass is 9.90. The number of aliphatic hydroxyl groups excluding tert-OH is 1. The van der Waals surface area contributed by atoms with Crippen LogP contribution in [0, 0.1) is 0 Å². The number of carbonyl (C=O) groups excluding carboxylic acids is 2. The van der Waals surface area contributed by atoms with E-state index in [9.17, 15) is 9.59 Å². The molecule has 2 heterocycles. The van der Waals surface area contributed by atoms with E-state index in [1.807, 2.05) is 25.1 Å². The summed E-state index contributed by atoms with van der Waals surface area (Å²) < 4.78 is 6.60. The molecule has 0 fully saturated rings. The summed E-state index contributed by atoms with van der Waals surface area (Å²) in [5.74, 6) is 0.231. The van der Waals surface area contributed by atoms with Crippen LogP contribution in [0.5, 0.6) is 0 Å². The average molecular weight is 399 g/mol. The number of aliphatic hydroxyl groups is 1. The molecule has 1 aromatic heterocycles. The fourth-order valence-electron chi connectivity index (χ4n) is 3.61. The van der Waals surface area contributed by atoms with Gasteiger partial charge in [-0.25, -0.2) is 9.48 Å². The van der Waals surface area contributed by atoms with Crippen molar-refractivity contribution in [1.82, 2.24) is 20.3 Å². The Balaban J connectivity index is 1.99. The highest BCUT2D eigenvalue weighted by Crippen LogP contribution is 2.39. The molecule has 0 saturated carbocycles. The third-order valence-electron chi connectivity index (χ3n) is 4.74. The zero-order valence-corrected chi connectivity index (χ0v) is 16.8. The fourth-order valence-corrected chi connectivity index (χ4v) is 3.61. The first kappa shape index (κ1) is 20.5. The van der Waals surface area contributed by atoms with E-state index in [1.165, 1.54) is 6.92 Å². The molecule has 1 aliphatic rings. The Morgan fingerprint density at radius 3 is 2.79 bits per heavy atom. The van der Waals surface area contributed by atoms with Gasteiger partial charge in [0.15, 0.2) is 0 Å². The van der Waals surface area contributed by atoms with Gasteiger partial charge in [-0.1, -0.05) is 17.9 Å². The molecule has 0 saturated heterocycles. The van der Waals surface area contributed by atoms with Gasteiger partial charge in [0.2, 0.25) is 5.91 Å². The zero-order chi connectivity index (χ0) is 21.1. The number of amides is 2. The normalized spacial score (nSPS) is 18.1. The van der Waals surface area contributed by atoms with Crippen molar-refractivity contribution in [2.45, 2.75) is 45.8 Å². The van der Waals surface area contributed by atoms with Crippen molar-refractivity contribution in [3.05, 3.63) is 42.3 Å². The first-order chi connectivity index (χ1) is 13.8. The van der Waals surface area contributed by atoms with Crippen molar-refractivity contribution >= 4 is 17.7 Å². The minimum atomic E-state index is -0.587. The summed E-state index contributed by atoms with van der Waals surface area (Å²) in [6.07, 6.45) is 1.69. The summed E-state index contributed by atoms with van der Waals surface area (Å²) in [5.41, 5.74) is 2.97. The largest absolute Gasteiger partial charge is 0.416 e. The summed E-state index contributed by atoms with van der Waals surface area (Å²) in [6.45, 7) is 8.97. The minimum absolute atomic E-state index is 0.0325. The van der Waals surface area contributed by atoms with Crippen molar-refractivity contribution < 1.29 is 19.4 Å². The summed E-state index contributed by atoms with van der Waals surface area (Å²) in [6, 6.07) is 5.19. The second-order valence-electron chi connectivity index (χ2n) is 7.13. The Hall–Kier alpha value is -3.20. The van der Waals surface area contributed by atoms with E-state index >= 15 is 0 Å². The van der Waals surface area contributed by atoms with Crippen LogP contribution < -0.4 is 10.2 Å². The second kappa shape index (κ2) is 8.44. The second-order valence-corrected chi connectivity index (χ2v) is 7.13. The molecule has 1 aliphatic heterocycles. The van der Waals surface area contributed by atoms with Crippen LogP contribution in [-0.2, 0) is 16.1 Å². The Bertz CT molecular complexity index is 939. The Labute approximate surface area is 169 Å². The molecule has 0 spiro atoms. The molecule has 0 aliphatic carbocycles. The minimum Gasteiger partial charge on any atom is -0.416 e. The van der Waals surface area contributed by atoms with Gasteiger partial charge < -0.3 is 20.1 Å². The van der Waals surface area contributed by atoms with Crippen LogP contribution in [0.3, 0.4) is 0 Å². The first-order valence-corrected chi connectivity index (χ1v) is 9.39. The van der Waals surface area contributed by atoms with Gasteiger partial charge in [0.05, 0.1) is 31.1 Å². The molecule has 9 nitrogen and oxygen atoms in total. The van der Waals surface area contributed by atoms with Gasteiger partial charge in [0.1, 0.15) is 5.69 Å². The van der Waals surface area contributed by atoms with Crippen molar-refractivity contribution in [2.75, 3.05) is 11.5 Å². The number of nitrogens with zero attached hydrogens (tertiary/aromatic N) is 4. The highest BCUT2D eigenvalue weighted by molar-refractivity contribution is 5.94. The molecular formula is C20H25N5O4. The van der Waals surface area contributed by atoms with E-state index in [4.69, 9.17) is 9.84 Å². The molecule has 9 heteroatoms. The van der Waals surface area contributed by atoms with Gasteiger partial charge >= 0.3 is 6.09 Å². The van der Waals surface area contributed by atoms with E-state index in [0.29, 0.717) is 24.4 Å².